The number of benzene rings is 1. The number of nitrogens with zero attached hydrogens (tertiary/aromatic N) is 1. The minimum absolute atomic E-state index is 0. The Kier molecular flexibility index (Phi) is 9.09. The number of hydrogen-bond donors (Lipinski definition) is 2. The fourth-order valence-electron chi connectivity index (χ4n) is 1.85. The largest absolute Gasteiger partial charge is 0.357 e. The van der Waals surface area contributed by atoms with Crippen LogP contribution in [0.25, 0.3) is 0 Å². The predicted octanol–water partition coefficient (Wildman–Crippen LogP) is 3.66. The van der Waals surface area contributed by atoms with Crippen molar-refractivity contribution in [2.24, 2.45) is 4.99 Å². The highest BCUT2D eigenvalue weighted by molar-refractivity contribution is 14.0. The topological polar surface area (TPSA) is 36.4 Å². The van der Waals surface area contributed by atoms with Crippen molar-refractivity contribution in [1.29, 1.82) is 0 Å². The summed E-state index contributed by atoms with van der Waals surface area (Å²) in [6.07, 6.45) is 1.04. The molecular weight excluding hydrogens is 393 g/mol. The zero-order valence-corrected chi connectivity index (χ0v) is 15.4. The van der Waals surface area contributed by atoms with E-state index in [0.717, 1.165) is 25.5 Å². The van der Waals surface area contributed by atoms with Crippen molar-refractivity contribution >= 4 is 41.3 Å². The lowest BCUT2D eigenvalue weighted by molar-refractivity contribution is 0.804. The number of rotatable bonds is 6. The minimum atomic E-state index is 0. The molecule has 1 aromatic heterocycles. The van der Waals surface area contributed by atoms with Gasteiger partial charge < -0.3 is 10.6 Å². The highest BCUT2D eigenvalue weighted by atomic mass is 127. The summed E-state index contributed by atoms with van der Waals surface area (Å²) in [5.74, 6) is 0.882. The van der Waals surface area contributed by atoms with E-state index < -0.39 is 0 Å². The average molecular weight is 415 g/mol. The third-order valence-electron chi connectivity index (χ3n) is 2.85. The van der Waals surface area contributed by atoms with Gasteiger partial charge in [-0.05, 0) is 30.4 Å². The molecule has 0 unspecified atom stereocenters. The average Bonchev–Trinajstić information content (AvgIpc) is 2.99. The maximum Gasteiger partial charge on any atom is 0.191 e. The highest BCUT2D eigenvalue weighted by Crippen LogP contribution is 2.08. The first-order chi connectivity index (χ1) is 9.88. The van der Waals surface area contributed by atoms with Crippen LogP contribution in [0.5, 0.6) is 0 Å². The molecule has 1 heterocycles. The number of aliphatic imine (C=N–C) groups is 1. The number of guanidine groups is 1. The summed E-state index contributed by atoms with van der Waals surface area (Å²) in [7, 11) is 0. The Morgan fingerprint density at radius 2 is 1.90 bits per heavy atom. The maximum atomic E-state index is 4.60. The molecule has 0 aliphatic heterocycles. The van der Waals surface area contributed by atoms with Gasteiger partial charge in [-0.2, -0.15) is 0 Å². The molecule has 0 radical (unpaired) electrons. The Morgan fingerprint density at radius 3 is 2.57 bits per heavy atom. The van der Waals surface area contributed by atoms with Gasteiger partial charge in [-0.25, -0.2) is 4.99 Å². The van der Waals surface area contributed by atoms with Gasteiger partial charge in [-0.1, -0.05) is 36.4 Å². The molecule has 0 spiro atoms. The molecule has 0 aliphatic rings. The molecule has 2 rings (SSSR count). The lowest BCUT2D eigenvalue weighted by atomic mass is 10.2. The van der Waals surface area contributed by atoms with E-state index in [-0.39, 0.29) is 24.0 Å². The number of nitrogens with one attached hydrogen (secondary N) is 2. The SMILES string of the molecule is CCNC(=NCc1ccccc1)NCCc1cccs1.I. The van der Waals surface area contributed by atoms with Crippen LogP contribution in [0.2, 0.25) is 0 Å². The molecule has 0 atom stereocenters. The van der Waals surface area contributed by atoms with Crippen LogP contribution in [-0.2, 0) is 13.0 Å². The standard InChI is InChI=1S/C16H21N3S.HI/c1-2-17-16(18-11-10-15-9-6-12-20-15)19-13-14-7-4-3-5-8-14;/h3-9,12H,2,10-11,13H2,1H3,(H2,17,18,19);1H. The Morgan fingerprint density at radius 1 is 1.10 bits per heavy atom. The van der Waals surface area contributed by atoms with E-state index in [9.17, 15) is 0 Å². The second kappa shape index (κ2) is 10.6. The molecular formula is C16H22IN3S. The molecule has 114 valence electrons. The van der Waals surface area contributed by atoms with Gasteiger partial charge in [0.25, 0.3) is 0 Å². The Labute approximate surface area is 147 Å². The Bertz CT molecular complexity index is 512. The predicted molar refractivity (Wildman–Crippen MR) is 103 cm³/mol. The zero-order chi connectivity index (χ0) is 14.0. The van der Waals surface area contributed by atoms with Crippen molar-refractivity contribution in [3.05, 3.63) is 58.3 Å². The lowest BCUT2D eigenvalue weighted by Gasteiger charge is -2.10. The molecule has 0 amide bonds. The summed E-state index contributed by atoms with van der Waals surface area (Å²) in [6, 6.07) is 14.6. The third kappa shape index (κ3) is 6.95. The molecule has 0 bridgehead atoms. The van der Waals surface area contributed by atoms with Crippen molar-refractivity contribution in [2.45, 2.75) is 19.9 Å². The summed E-state index contributed by atoms with van der Waals surface area (Å²) < 4.78 is 0. The van der Waals surface area contributed by atoms with Crippen LogP contribution in [-0.4, -0.2) is 19.0 Å². The molecule has 0 saturated heterocycles. The fraction of sp³-hybridized carbons (Fsp3) is 0.312. The van der Waals surface area contributed by atoms with E-state index >= 15 is 0 Å². The van der Waals surface area contributed by atoms with E-state index in [4.69, 9.17) is 0 Å². The van der Waals surface area contributed by atoms with Crippen molar-refractivity contribution in [3.8, 4) is 0 Å². The van der Waals surface area contributed by atoms with Crippen LogP contribution in [0.4, 0.5) is 0 Å². The molecule has 0 aliphatic carbocycles. The van der Waals surface area contributed by atoms with Crippen molar-refractivity contribution in [3.63, 3.8) is 0 Å². The van der Waals surface area contributed by atoms with Gasteiger partial charge in [0.2, 0.25) is 0 Å². The summed E-state index contributed by atoms with van der Waals surface area (Å²) in [6.45, 7) is 4.56. The normalized spacial score (nSPS) is 10.8. The second-order valence-electron chi connectivity index (χ2n) is 4.44. The first-order valence-corrected chi connectivity index (χ1v) is 7.85. The smallest absolute Gasteiger partial charge is 0.191 e. The molecule has 2 aromatic rings. The summed E-state index contributed by atoms with van der Waals surface area (Å²) >= 11 is 1.80. The molecule has 1 aromatic carbocycles. The third-order valence-corrected chi connectivity index (χ3v) is 3.79. The van der Waals surface area contributed by atoms with E-state index in [0.29, 0.717) is 6.54 Å². The molecule has 0 fully saturated rings. The first kappa shape index (κ1) is 18.0. The number of hydrogen-bond acceptors (Lipinski definition) is 2. The van der Waals surface area contributed by atoms with Crippen LogP contribution < -0.4 is 10.6 Å². The molecule has 0 saturated carbocycles. The van der Waals surface area contributed by atoms with Crippen LogP contribution in [0.3, 0.4) is 0 Å². The van der Waals surface area contributed by atoms with E-state index in [1.165, 1.54) is 10.4 Å². The zero-order valence-electron chi connectivity index (χ0n) is 12.2. The lowest BCUT2D eigenvalue weighted by Crippen LogP contribution is -2.38. The summed E-state index contributed by atoms with van der Waals surface area (Å²) in [5.41, 5.74) is 1.22. The van der Waals surface area contributed by atoms with Gasteiger partial charge in [-0.3, -0.25) is 0 Å². The van der Waals surface area contributed by atoms with Crippen LogP contribution in [0.15, 0.2) is 52.8 Å². The quantitative estimate of drug-likeness (QED) is 0.429. The molecule has 2 N–H and O–H groups in total. The van der Waals surface area contributed by atoms with E-state index in [2.05, 4.69) is 52.2 Å². The molecule has 5 heteroatoms. The van der Waals surface area contributed by atoms with Gasteiger partial charge in [0.15, 0.2) is 5.96 Å². The fourth-order valence-corrected chi connectivity index (χ4v) is 2.56. The maximum absolute atomic E-state index is 4.60. The molecule has 3 nitrogen and oxygen atoms in total. The van der Waals surface area contributed by atoms with Crippen LogP contribution >= 0.6 is 35.3 Å². The van der Waals surface area contributed by atoms with Crippen molar-refractivity contribution < 1.29 is 0 Å². The van der Waals surface area contributed by atoms with Gasteiger partial charge in [0.05, 0.1) is 6.54 Å². The van der Waals surface area contributed by atoms with Gasteiger partial charge >= 0.3 is 0 Å². The number of halogens is 1. The van der Waals surface area contributed by atoms with Crippen LogP contribution in [0.1, 0.15) is 17.4 Å². The van der Waals surface area contributed by atoms with Crippen molar-refractivity contribution in [2.75, 3.05) is 13.1 Å². The first-order valence-electron chi connectivity index (χ1n) is 6.97. The highest BCUT2D eigenvalue weighted by Gasteiger charge is 1.98. The Hall–Kier alpha value is -1.08. The number of thiophene rings is 1. The van der Waals surface area contributed by atoms with E-state index in [1.807, 2.05) is 18.2 Å². The minimum Gasteiger partial charge on any atom is -0.357 e. The van der Waals surface area contributed by atoms with Gasteiger partial charge in [0, 0.05) is 18.0 Å². The van der Waals surface area contributed by atoms with Crippen molar-refractivity contribution in [1.82, 2.24) is 10.6 Å². The Balaban J connectivity index is 0.00000220. The van der Waals surface area contributed by atoms with Gasteiger partial charge in [-0.15, -0.1) is 35.3 Å². The second-order valence-corrected chi connectivity index (χ2v) is 5.47. The summed E-state index contributed by atoms with van der Waals surface area (Å²) in [5, 5.41) is 8.77. The monoisotopic (exact) mass is 415 g/mol. The molecule has 21 heavy (non-hydrogen) atoms. The summed E-state index contributed by atoms with van der Waals surface area (Å²) in [4.78, 5) is 6.00. The van der Waals surface area contributed by atoms with E-state index in [1.54, 1.807) is 11.3 Å². The van der Waals surface area contributed by atoms with Gasteiger partial charge in [0.1, 0.15) is 0 Å². The van der Waals surface area contributed by atoms with Crippen LogP contribution in [0, 0.1) is 0 Å².